The first-order valence-electron chi connectivity index (χ1n) is 9.26. The summed E-state index contributed by atoms with van der Waals surface area (Å²) in [6, 6.07) is 12.1. The van der Waals surface area contributed by atoms with Gasteiger partial charge in [-0.15, -0.1) is 22.7 Å². The molecule has 1 aliphatic heterocycles. The molecule has 154 valence electrons. The van der Waals surface area contributed by atoms with Crippen LogP contribution in [-0.4, -0.2) is 32.9 Å². The third-order valence-corrected chi connectivity index (χ3v) is 7.61. The van der Waals surface area contributed by atoms with E-state index in [1.165, 1.54) is 39.3 Å². The molecule has 10 heteroatoms. The largest absolute Gasteiger partial charge is 0.301 e. The normalized spacial score (nSPS) is 14.2. The molecule has 1 N–H and O–H groups in total. The maximum atomic E-state index is 12.7. The number of fused-ring (bicyclic) bond motifs is 2. The van der Waals surface area contributed by atoms with Gasteiger partial charge in [-0.1, -0.05) is 23.9 Å². The number of carbonyl (C=O) groups is 3. The third-order valence-electron chi connectivity index (χ3n) is 4.71. The Morgan fingerprint density at radius 1 is 1.13 bits per heavy atom. The van der Waals surface area contributed by atoms with Crippen molar-refractivity contribution in [3.63, 3.8) is 0 Å². The van der Waals surface area contributed by atoms with Crippen LogP contribution in [0.2, 0.25) is 0 Å². The van der Waals surface area contributed by atoms with Gasteiger partial charge in [0.2, 0.25) is 5.91 Å². The van der Waals surface area contributed by atoms with E-state index in [2.05, 4.69) is 15.3 Å². The van der Waals surface area contributed by atoms with Gasteiger partial charge in [0.1, 0.15) is 0 Å². The van der Waals surface area contributed by atoms with Crippen LogP contribution in [0.15, 0.2) is 58.4 Å². The van der Waals surface area contributed by atoms with Crippen molar-refractivity contribution < 1.29 is 14.4 Å². The van der Waals surface area contributed by atoms with Crippen LogP contribution in [0.5, 0.6) is 0 Å². The number of carbonyl (C=O) groups excluding carboxylic acids is 3. The molecule has 1 aliphatic rings. The van der Waals surface area contributed by atoms with Crippen LogP contribution in [0.25, 0.3) is 10.2 Å². The number of thiazole rings is 2. The predicted octanol–water partition coefficient (Wildman–Crippen LogP) is 4.67. The van der Waals surface area contributed by atoms with Crippen molar-refractivity contribution in [2.45, 2.75) is 16.5 Å². The summed E-state index contributed by atoms with van der Waals surface area (Å²) >= 11 is 4.14. The minimum absolute atomic E-state index is 0.147. The molecule has 5 rings (SSSR count). The number of nitrogens with one attached hydrogen (secondary N) is 1. The maximum absolute atomic E-state index is 12.7. The third kappa shape index (κ3) is 3.62. The number of amides is 3. The predicted molar refractivity (Wildman–Crippen MR) is 123 cm³/mol. The summed E-state index contributed by atoms with van der Waals surface area (Å²) in [5, 5.41) is 4.78. The Kier molecular flexibility index (Phi) is 5.05. The molecule has 7 nitrogen and oxygen atoms in total. The molecule has 1 atom stereocenters. The highest BCUT2D eigenvalue weighted by molar-refractivity contribution is 8.02. The van der Waals surface area contributed by atoms with Gasteiger partial charge in [-0.3, -0.25) is 14.4 Å². The monoisotopic (exact) mass is 466 g/mol. The molecule has 4 aromatic rings. The van der Waals surface area contributed by atoms with Gasteiger partial charge in [0.15, 0.2) is 9.47 Å². The van der Waals surface area contributed by atoms with Crippen LogP contribution < -0.4 is 10.2 Å². The zero-order valence-corrected chi connectivity index (χ0v) is 18.5. The Labute approximate surface area is 189 Å². The zero-order valence-electron chi connectivity index (χ0n) is 16.1. The minimum atomic E-state index is -0.361. The van der Waals surface area contributed by atoms with Gasteiger partial charge in [-0.05, 0) is 37.3 Å². The Hall–Kier alpha value is -3.08. The summed E-state index contributed by atoms with van der Waals surface area (Å²) in [5.74, 6) is -0.802. The highest BCUT2D eigenvalue weighted by atomic mass is 32.2. The average molecular weight is 467 g/mol. The van der Waals surface area contributed by atoms with Crippen LogP contribution in [0, 0.1) is 0 Å². The highest BCUT2D eigenvalue weighted by Gasteiger charge is 2.36. The summed E-state index contributed by atoms with van der Waals surface area (Å²) in [4.78, 5) is 47.7. The number of nitrogens with zero attached hydrogens (tertiary/aromatic N) is 3. The van der Waals surface area contributed by atoms with E-state index in [1.807, 2.05) is 6.92 Å². The van der Waals surface area contributed by atoms with Crippen LogP contribution in [0.1, 0.15) is 27.6 Å². The van der Waals surface area contributed by atoms with Crippen LogP contribution >= 0.6 is 34.4 Å². The second kappa shape index (κ2) is 7.88. The fraction of sp³-hybridized carbons (Fsp3) is 0.0952. The van der Waals surface area contributed by atoms with Crippen molar-refractivity contribution in [2.75, 3.05) is 10.2 Å². The number of rotatable bonds is 5. The zero-order chi connectivity index (χ0) is 21.5. The highest BCUT2D eigenvalue weighted by Crippen LogP contribution is 2.36. The van der Waals surface area contributed by atoms with Gasteiger partial charge in [0.05, 0.1) is 32.3 Å². The van der Waals surface area contributed by atoms with Gasteiger partial charge in [0.25, 0.3) is 11.8 Å². The molecule has 0 aliphatic carbocycles. The molecule has 0 radical (unpaired) electrons. The second-order valence-electron chi connectivity index (χ2n) is 6.71. The quantitative estimate of drug-likeness (QED) is 0.339. The Balaban J connectivity index is 1.37. The molecule has 0 fully saturated rings. The van der Waals surface area contributed by atoms with E-state index < -0.39 is 0 Å². The van der Waals surface area contributed by atoms with E-state index in [-0.39, 0.29) is 23.0 Å². The molecule has 2 aromatic carbocycles. The molecule has 0 saturated carbocycles. The number of benzene rings is 2. The van der Waals surface area contributed by atoms with Crippen molar-refractivity contribution in [1.82, 2.24) is 9.97 Å². The summed E-state index contributed by atoms with van der Waals surface area (Å²) in [6.45, 7) is 1.81. The molecule has 3 amide bonds. The Morgan fingerprint density at radius 2 is 1.87 bits per heavy atom. The fourth-order valence-corrected chi connectivity index (χ4v) is 5.98. The lowest BCUT2D eigenvalue weighted by Crippen LogP contribution is -2.29. The molecule has 0 saturated heterocycles. The second-order valence-corrected chi connectivity index (χ2v) is 10.2. The first kappa shape index (κ1) is 19.9. The SMILES string of the molecule is C[C@@H](Sc1nc2ccc(N3C(=O)c4ccccc4C3=O)cc2s1)C(=O)Nc1nccs1. The summed E-state index contributed by atoms with van der Waals surface area (Å²) in [6.07, 6.45) is 1.64. The van der Waals surface area contributed by atoms with Crippen molar-refractivity contribution in [1.29, 1.82) is 0 Å². The standard InChI is InChI=1S/C21H14N4O3S3/c1-11(17(26)24-20-22-8-9-29-20)30-21-23-15-7-6-12(10-16(15)31-21)25-18(27)13-4-2-3-5-14(13)19(25)28/h2-11H,1H3,(H,22,24,26)/t11-/m1/s1. The summed E-state index contributed by atoms with van der Waals surface area (Å²) in [7, 11) is 0. The first-order valence-corrected chi connectivity index (χ1v) is 11.8. The smallest absolute Gasteiger partial charge is 0.266 e. The van der Waals surface area contributed by atoms with Crippen molar-refractivity contribution in [3.8, 4) is 0 Å². The number of aromatic nitrogens is 2. The lowest BCUT2D eigenvalue weighted by molar-refractivity contribution is -0.115. The molecular formula is C21H14N4O3S3. The molecule has 31 heavy (non-hydrogen) atoms. The van der Waals surface area contributed by atoms with Gasteiger partial charge in [-0.25, -0.2) is 14.9 Å². The van der Waals surface area contributed by atoms with E-state index in [1.54, 1.807) is 54.0 Å². The topological polar surface area (TPSA) is 92.3 Å². The minimum Gasteiger partial charge on any atom is -0.301 e. The summed E-state index contributed by atoms with van der Waals surface area (Å²) < 4.78 is 1.57. The number of hydrogen-bond acceptors (Lipinski definition) is 8. The van der Waals surface area contributed by atoms with E-state index >= 15 is 0 Å². The van der Waals surface area contributed by atoms with E-state index in [4.69, 9.17) is 0 Å². The number of anilines is 2. The Bertz CT molecular complexity index is 1300. The number of imide groups is 1. The molecule has 0 unspecified atom stereocenters. The lowest BCUT2D eigenvalue weighted by atomic mass is 10.1. The van der Waals surface area contributed by atoms with Gasteiger partial charge < -0.3 is 5.32 Å². The van der Waals surface area contributed by atoms with Crippen molar-refractivity contribution >= 4 is 73.2 Å². The van der Waals surface area contributed by atoms with Crippen LogP contribution in [0.3, 0.4) is 0 Å². The fourth-order valence-electron chi connectivity index (χ4n) is 3.20. The van der Waals surface area contributed by atoms with E-state index in [9.17, 15) is 14.4 Å². The molecular weight excluding hydrogens is 452 g/mol. The van der Waals surface area contributed by atoms with Gasteiger partial charge in [-0.2, -0.15) is 0 Å². The number of hydrogen-bond donors (Lipinski definition) is 1. The molecule has 0 spiro atoms. The van der Waals surface area contributed by atoms with Gasteiger partial charge >= 0.3 is 0 Å². The lowest BCUT2D eigenvalue weighted by Gasteiger charge is -2.13. The maximum Gasteiger partial charge on any atom is 0.266 e. The molecule has 0 bridgehead atoms. The van der Waals surface area contributed by atoms with Crippen LogP contribution in [0.4, 0.5) is 10.8 Å². The van der Waals surface area contributed by atoms with Crippen LogP contribution in [-0.2, 0) is 4.79 Å². The molecule has 2 aromatic heterocycles. The summed E-state index contributed by atoms with van der Waals surface area (Å²) in [5.41, 5.74) is 2.08. The van der Waals surface area contributed by atoms with Crippen molar-refractivity contribution in [2.24, 2.45) is 0 Å². The van der Waals surface area contributed by atoms with Crippen molar-refractivity contribution in [3.05, 3.63) is 65.2 Å². The van der Waals surface area contributed by atoms with Gasteiger partial charge in [0, 0.05) is 11.6 Å². The van der Waals surface area contributed by atoms with E-state index in [0.717, 1.165) is 14.6 Å². The molecule has 3 heterocycles. The number of thioether (sulfide) groups is 1. The first-order chi connectivity index (χ1) is 15.0. The van der Waals surface area contributed by atoms with E-state index in [0.29, 0.717) is 21.9 Å². The average Bonchev–Trinajstić information content (AvgIpc) is 3.47. The Morgan fingerprint density at radius 3 is 2.55 bits per heavy atom.